The van der Waals surface area contributed by atoms with Gasteiger partial charge in [-0.15, -0.1) is 0 Å². The third-order valence-corrected chi connectivity index (χ3v) is 3.09. The van der Waals surface area contributed by atoms with Crippen molar-refractivity contribution in [1.29, 1.82) is 0 Å². The van der Waals surface area contributed by atoms with E-state index in [9.17, 15) is 0 Å². The smallest absolute Gasteiger partial charge is 0.106 e. The van der Waals surface area contributed by atoms with Gasteiger partial charge in [0, 0.05) is 17.8 Å². The highest BCUT2D eigenvalue weighted by Crippen LogP contribution is 2.15. The first-order valence-electron chi connectivity index (χ1n) is 6.21. The van der Waals surface area contributed by atoms with Crippen molar-refractivity contribution < 1.29 is 0 Å². The van der Waals surface area contributed by atoms with E-state index in [4.69, 9.17) is 18.0 Å². The number of rotatable bonds is 5. The number of nitrogens with one attached hydrogen (secondary N) is 1. The third kappa shape index (κ3) is 3.76. The Hall–Kier alpha value is -1.94. The van der Waals surface area contributed by atoms with E-state index in [-0.39, 0.29) is 6.04 Å². The van der Waals surface area contributed by atoms with Crippen molar-refractivity contribution in [3.63, 3.8) is 0 Å². The molecule has 2 rings (SSSR count). The Balaban J connectivity index is 2.07. The third-order valence-electron chi connectivity index (χ3n) is 2.87. The lowest BCUT2D eigenvalue weighted by Gasteiger charge is -2.17. The summed E-state index contributed by atoms with van der Waals surface area (Å²) in [6, 6.07) is 12.5. The van der Waals surface area contributed by atoms with Crippen LogP contribution in [0.25, 0.3) is 0 Å². The average Bonchev–Trinajstić information content (AvgIpc) is 2.40. The predicted octanol–water partition coefficient (Wildman–Crippen LogP) is 2.76. The van der Waals surface area contributed by atoms with E-state index < -0.39 is 0 Å². The molecule has 0 fully saturated rings. The average molecular weight is 271 g/mol. The summed E-state index contributed by atoms with van der Waals surface area (Å²) in [5, 5.41) is 3.41. The summed E-state index contributed by atoms with van der Waals surface area (Å²) in [5.41, 5.74) is 8.73. The van der Waals surface area contributed by atoms with Gasteiger partial charge in [-0.1, -0.05) is 42.5 Å². The van der Waals surface area contributed by atoms with Crippen LogP contribution in [-0.4, -0.2) is 16.0 Å². The molecule has 0 bridgehead atoms. The van der Waals surface area contributed by atoms with E-state index in [2.05, 4.69) is 29.4 Å². The van der Waals surface area contributed by atoms with Crippen molar-refractivity contribution in [2.45, 2.75) is 19.4 Å². The monoisotopic (exact) mass is 271 g/mol. The van der Waals surface area contributed by atoms with Gasteiger partial charge in [0.15, 0.2) is 0 Å². The van der Waals surface area contributed by atoms with Crippen LogP contribution in [0.4, 0.5) is 5.69 Å². The zero-order valence-electron chi connectivity index (χ0n) is 10.8. The molecule has 3 nitrogen and oxygen atoms in total. The molecule has 0 aliphatic carbocycles. The molecule has 0 aliphatic heterocycles. The highest BCUT2D eigenvalue weighted by atomic mass is 32.1. The number of hydrogen-bond acceptors (Lipinski definition) is 3. The summed E-state index contributed by atoms with van der Waals surface area (Å²) in [6.07, 6.45) is 4.39. The Morgan fingerprint density at radius 3 is 2.74 bits per heavy atom. The van der Waals surface area contributed by atoms with E-state index in [0.29, 0.717) is 4.99 Å². The molecule has 3 N–H and O–H groups in total. The molecule has 2 aromatic rings. The Bertz CT molecular complexity index is 554. The van der Waals surface area contributed by atoms with Crippen LogP contribution in [0.2, 0.25) is 0 Å². The van der Waals surface area contributed by atoms with Gasteiger partial charge in [-0.3, -0.25) is 4.98 Å². The fourth-order valence-electron chi connectivity index (χ4n) is 2.01. The van der Waals surface area contributed by atoms with Crippen LogP contribution < -0.4 is 11.1 Å². The maximum Gasteiger partial charge on any atom is 0.106 e. The SMILES string of the molecule is CC(Cc1ccccc1)Nc1cnccc1C(N)=S. The van der Waals surface area contributed by atoms with Crippen molar-refractivity contribution in [1.82, 2.24) is 4.98 Å². The second-order valence-corrected chi connectivity index (χ2v) is 4.96. The summed E-state index contributed by atoms with van der Waals surface area (Å²) in [7, 11) is 0. The van der Waals surface area contributed by atoms with Crippen molar-refractivity contribution in [2.75, 3.05) is 5.32 Å². The largest absolute Gasteiger partial charge is 0.389 e. The van der Waals surface area contributed by atoms with Crippen molar-refractivity contribution in [3.05, 3.63) is 59.9 Å². The summed E-state index contributed by atoms with van der Waals surface area (Å²) in [6.45, 7) is 2.13. The van der Waals surface area contributed by atoms with Crippen LogP contribution in [0, 0.1) is 0 Å². The molecule has 19 heavy (non-hydrogen) atoms. The highest BCUT2D eigenvalue weighted by Gasteiger charge is 2.08. The summed E-state index contributed by atoms with van der Waals surface area (Å²) in [5.74, 6) is 0. The molecular weight excluding hydrogens is 254 g/mol. The number of pyridine rings is 1. The molecule has 1 aromatic heterocycles. The minimum atomic E-state index is 0.277. The number of nitrogens with zero attached hydrogens (tertiary/aromatic N) is 1. The van der Waals surface area contributed by atoms with Crippen LogP contribution >= 0.6 is 12.2 Å². The van der Waals surface area contributed by atoms with Gasteiger partial charge in [0.2, 0.25) is 0 Å². The van der Waals surface area contributed by atoms with E-state index >= 15 is 0 Å². The fourth-order valence-corrected chi connectivity index (χ4v) is 2.19. The number of thiocarbonyl (C=S) groups is 1. The van der Waals surface area contributed by atoms with Gasteiger partial charge in [0.25, 0.3) is 0 Å². The normalized spacial score (nSPS) is 11.8. The Kier molecular flexibility index (Phi) is 4.47. The minimum Gasteiger partial charge on any atom is -0.389 e. The first-order valence-corrected chi connectivity index (χ1v) is 6.62. The molecule has 0 amide bonds. The van der Waals surface area contributed by atoms with Crippen LogP contribution in [0.3, 0.4) is 0 Å². The van der Waals surface area contributed by atoms with E-state index in [1.54, 1.807) is 12.4 Å². The lowest BCUT2D eigenvalue weighted by Crippen LogP contribution is -2.21. The van der Waals surface area contributed by atoms with Gasteiger partial charge >= 0.3 is 0 Å². The zero-order chi connectivity index (χ0) is 13.7. The molecule has 0 saturated heterocycles. The standard InChI is InChI=1S/C15H17N3S/c1-11(9-12-5-3-2-4-6-12)18-14-10-17-8-7-13(14)15(16)19/h2-8,10-11,18H,9H2,1H3,(H2,16,19). The summed E-state index contributed by atoms with van der Waals surface area (Å²) >= 11 is 5.04. The summed E-state index contributed by atoms with van der Waals surface area (Å²) in [4.78, 5) is 4.50. The molecule has 1 unspecified atom stereocenters. The number of anilines is 1. The van der Waals surface area contributed by atoms with Gasteiger partial charge < -0.3 is 11.1 Å². The summed E-state index contributed by atoms with van der Waals surface area (Å²) < 4.78 is 0. The van der Waals surface area contributed by atoms with Gasteiger partial charge in [-0.05, 0) is 25.0 Å². The molecule has 1 atom stereocenters. The fraction of sp³-hybridized carbons (Fsp3) is 0.200. The van der Waals surface area contributed by atoms with Gasteiger partial charge in [0.1, 0.15) is 4.99 Å². The number of aromatic nitrogens is 1. The molecule has 0 aliphatic rings. The van der Waals surface area contributed by atoms with E-state index in [0.717, 1.165) is 17.7 Å². The van der Waals surface area contributed by atoms with E-state index in [1.807, 2.05) is 24.3 Å². The zero-order valence-corrected chi connectivity index (χ0v) is 11.7. The molecular formula is C15H17N3S. The first-order chi connectivity index (χ1) is 9.16. The van der Waals surface area contributed by atoms with Crippen LogP contribution in [0.1, 0.15) is 18.1 Å². The number of nitrogens with two attached hydrogens (primary N) is 1. The molecule has 0 spiro atoms. The van der Waals surface area contributed by atoms with Gasteiger partial charge in [-0.25, -0.2) is 0 Å². The molecule has 1 aromatic carbocycles. The van der Waals surface area contributed by atoms with Crippen molar-refractivity contribution >= 4 is 22.9 Å². The predicted molar refractivity (Wildman–Crippen MR) is 83.4 cm³/mol. The van der Waals surface area contributed by atoms with Crippen LogP contribution in [0.15, 0.2) is 48.8 Å². The molecule has 98 valence electrons. The number of benzene rings is 1. The van der Waals surface area contributed by atoms with Gasteiger partial charge in [-0.2, -0.15) is 0 Å². The van der Waals surface area contributed by atoms with Crippen LogP contribution in [-0.2, 0) is 6.42 Å². The lowest BCUT2D eigenvalue weighted by atomic mass is 10.1. The Labute approximate surface area is 118 Å². The second-order valence-electron chi connectivity index (χ2n) is 4.52. The molecule has 1 heterocycles. The lowest BCUT2D eigenvalue weighted by molar-refractivity contribution is 0.789. The second kappa shape index (κ2) is 6.29. The number of hydrogen-bond donors (Lipinski definition) is 2. The van der Waals surface area contributed by atoms with Gasteiger partial charge in [0.05, 0.1) is 11.9 Å². The van der Waals surface area contributed by atoms with Crippen molar-refractivity contribution in [3.8, 4) is 0 Å². The maximum atomic E-state index is 5.71. The Morgan fingerprint density at radius 2 is 2.05 bits per heavy atom. The van der Waals surface area contributed by atoms with Crippen LogP contribution in [0.5, 0.6) is 0 Å². The topological polar surface area (TPSA) is 50.9 Å². The molecule has 4 heteroatoms. The minimum absolute atomic E-state index is 0.277. The molecule has 0 radical (unpaired) electrons. The first kappa shape index (κ1) is 13.5. The van der Waals surface area contributed by atoms with E-state index in [1.165, 1.54) is 5.56 Å². The van der Waals surface area contributed by atoms with Crippen molar-refractivity contribution in [2.24, 2.45) is 5.73 Å². The molecule has 0 saturated carbocycles. The highest BCUT2D eigenvalue weighted by molar-refractivity contribution is 7.80. The Morgan fingerprint density at radius 1 is 1.32 bits per heavy atom. The maximum absolute atomic E-state index is 5.71. The quantitative estimate of drug-likeness (QED) is 0.821.